The highest BCUT2D eigenvalue weighted by Gasteiger charge is 2.21. The first-order valence-corrected chi connectivity index (χ1v) is 5.41. The first-order chi connectivity index (χ1) is 8.47. The maximum Gasteiger partial charge on any atom is 0.494 e. The molecule has 0 radical (unpaired) electrons. The molecule has 0 atom stereocenters. The van der Waals surface area contributed by atoms with E-state index in [2.05, 4.69) is 10.1 Å². The number of aryl methyl sites for hydroxylation is 1. The number of benzene rings is 1. The summed E-state index contributed by atoms with van der Waals surface area (Å²) in [5.74, 6) is -0.260. The highest BCUT2D eigenvalue weighted by Crippen LogP contribution is 2.31. The number of aromatic nitrogens is 3. The third-order valence-corrected chi connectivity index (χ3v) is 2.50. The van der Waals surface area contributed by atoms with Crippen molar-refractivity contribution in [2.45, 2.75) is 0 Å². The van der Waals surface area contributed by atoms with Crippen molar-refractivity contribution in [3.63, 3.8) is 0 Å². The van der Waals surface area contributed by atoms with E-state index in [0.29, 0.717) is 5.02 Å². The van der Waals surface area contributed by atoms with E-state index in [1.807, 2.05) is 0 Å². The van der Waals surface area contributed by atoms with Crippen LogP contribution in [-0.2, 0) is 7.05 Å². The lowest BCUT2D eigenvalue weighted by Gasteiger charge is -2.03. The van der Waals surface area contributed by atoms with Crippen molar-refractivity contribution in [2.24, 2.45) is 7.05 Å². The molecule has 94 valence electrons. The van der Waals surface area contributed by atoms with Gasteiger partial charge in [0.2, 0.25) is 0 Å². The van der Waals surface area contributed by atoms with E-state index >= 15 is 0 Å². The predicted molar refractivity (Wildman–Crippen MR) is 64.2 cm³/mol. The predicted octanol–water partition coefficient (Wildman–Crippen LogP) is 2.82. The van der Waals surface area contributed by atoms with Gasteiger partial charge in [-0.3, -0.25) is 0 Å². The van der Waals surface area contributed by atoms with Crippen LogP contribution in [0.3, 0.4) is 0 Å². The molecule has 1 aromatic carbocycles. The lowest BCUT2D eigenvalue weighted by molar-refractivity contribution is -0.394. The molecule has 0 aliphatic carbocycles. The molecule has 0 saturated carbocycles. The summed E-state index contributed by atoms with van der Waals surface area (Å²) in [7, 11) is 1.47. The number of hydrogen-bond donors (Lipinski definition) is 0. The summed E-state index contributed by atoms with van der Waals surface area (Å²) < 4.78 is 6.46. The van der Waals surface area contributed by atoms with Gasteiger partial charge in [-0.2, -0.15) is 0 Å². The van der Waals surface area contributed by atoms with Crippen LogP contribution in [0.4, 0.5) is 5.95 Å². The molecule has 2 aromatic rings. The lowest BCUT2D eigenvalue weighted by atomic mass is 10.3. The molecule has 0 spiro atoms. The summed E-state index contributed by atoms with van der Waals surface area (Å²) in [5, 5.41) is 14.8. The van der Waals surface area contributed by atoms with Gasteiger partial charge in [0.1, 0.15) is 0 Å². The Hall–Kier alpha value is -1.86. The smallest absolute Gasteiger partial charge is 0.410 e. The van der Waals surface area contributed by atoms with Gasteiger partial charge in [-0.15, -0.1) is 4.68 Å². The third kappa shape index (κ3) is 2.52. The monoisotopic (exact) mass is 288 g/mol. The van der Waals surface area contributed by atoms with E-state index < -0.39 is 10.9 Å². The molecular weight excluding hydrogens is 283 g/mol. The minimum atomic E-state index is -0.712. The normalized spacial score (nSPS) is 10.4. The van der Waals surface area contributed by atoms with Crippen molar-refractivity contribution < 1.29 is 9.66 Å². The zero-order chi connectivity index (χ0) is 13.3. The number of nitro groups is 1. The van der Waals surface area contributed by atoms with E-state index in [9.17, 15) is 10.1 Å². The van der Waals surface area contributed by atoms with Gasteiger partial charge in [-0.25, -0.2) is 0 Å². The van der Waals surface area contributed by atoms with Crippen molar-refractivity contribution in [2.75, 3.05) is 0 Å². The zero-order valence-electron chi connectivity index (χ0n) is 9.00. The standard InChI is InChI=1S/C9H6Cl2N4O3/c1-14-9(12-8(13-14)15(16)17)18-7-3-2-5(10)4-6(7)11/h2-4H,1H3. The molecule has 7 nitrogen and oxygen atoms in total. The Morgan fingerprint density at radius 2 is 2.17 bits per heavy atom. The summed E-state index contributed by atoms with van der Waals surface area (Å²) in [6.45, 7) is 0. The molecule has 0 aliphatic rings. The second-order valence-corrected chi connectivity index (χ2v) is 4.10. The molecule has 0 fully saturated rings. The summed E-state index contributed by atoms with van der Waals surface area (Å²) in [5.41, 5.74) is 0. The first-order valence-electron chi connectivity index (χ1n) is 4.65. The van der Waals surface area contributed by atoms with Crippen molar-refractivity contribution >= 4 is 29.2 Å². The Morgan fingerprint density at radius 3 is 2.72 bits per heavy atom. The first kappa shape index (κ1) is 12.6. The molecule has 1 aromatic heterocycles. The topological polar surface area (TPSA) is 83.1 Å². The Kier molecular flexibility index (Phi) is 3.35. The summed E-state index contributed by atoms with van der Waals surface area (Å²) in [6, 6.07) is 4.56. The highest BCUT2D eigenvalue weighted by atomic mass is 35.5. The fraction of sp³-hybridized carbons (Fsp3) is 0.111. The minimum Gasteiger partial charge on any atom is -0.410 e. The molecule has 1 heterocycles. The van der Waals surface area contributed by atoms with E-state index in [-0.39, 0.29) is 16.8 Å². The Morgan fingerprint density at radius 1 is 1.44 bits per heavy atom. The molecule has 0 aliphatic heterocycles. The summed E-state index contributed by atoms with van der Waals surface area (Å²) in [4.78, 5) is 13.4. The number of nitrogens with zero attached hydrogens (tertiary/aromatic N) is 4. The van der Waals surface area contributed by atoms with E-state index in [0.717, 1.165) is 4.68 Å². The Balaban J connectivity index is 2.31. The largest absolute Gasteiger partial charge is 0.494 e. The molecule has 9 heteroatoms. The molecule has 0 saturated heterocycles. The van der Waals surface area contributed by atoms with Gasteiger partial charge in [0.05, 0.1) is 12.1 Å². The second kappa shape index (κ2) is 4.79. The number of rotatable bonds is 3. The van der Waals surface area contributed by atoms with Crippen molar-refractivity contribution in [1.29, 1.82) is 0 Å². The maximum absolute atomic E-state index is 10.5. The fourth-order valence-electron chi connectivity index (χ4n) is 1.18. The minimum absolute atomic E-state index is 0.0362. The number of halogens is 2. The maximum atomic E-state index is 10.5. The number of hydrogen-bond acceptors (Lipinski definition) is 5. The van der Waals surface area contributed by atoms with Crippen LogP contribution in [0, 0.1) is 10.1 Å². The fourth-order valence-corrected chi connectivity index (χ4v) is 1.63. The molecule has 0 bridgehead atoms. The molecule has 0 unspecified atom stereocenters. The average molecular weight is 289 g/mol. The number of ether oxygens (including phenoxy) is 1. The SMILES string of the molecule is Cn1nc([N+](=O)[O-])nc1Oc1ccc(Cl)cc1Cl. The van der Waals surface area contributed by atoms with Crippen molar-refractivity contribution in [1.82, 2.24) is 14.8 Å². The van der Waals surface area contributed by atoms with E-state index in [1.54, 1.807) is 6.07 Å². The molecule has 2 rings (SSSR count). The van der Waals surface area contributed by atoms with Crippen LogP contribution >= 0.6 is 23.2 Å². The van der Waals surface area contributed by atoms with Gasteiger partial charge in [0.15, 0.2) is 5.75 Å². The Bertz CT molecular complexity index is 614. The summed E-state index contributed by atoms with van der Waals surface area (Å²) in [6.07, 6.45) is 0. The van der Waals surface area contributed by atoms with Crippen LogP contribution in [0.2, 0.25) is 10.0 Å². The van der Waals surface area contributed by atoms with Gasteiger partial charge in [-0.05, 0) is 28.1 Å². The van der Waals surface area contributed by atoms with Gasteiger partial charge in [-0.1, -0.05) is 23.2 Å². The van der Waals surface area contributed by atoms with Crippen LogP contribution in [0.1, 0.15) is 0 Å². The van der Waals surface area contributed by atoms with Crippen LogP contribution in [0.25, 0.3) is 0 Å². The van der Waals surface area contributed by atoms with Crippen LogP contribution in [0.5, 0.6) is 11.8 Å². The molecule has 0 amide bonds. The quantitative estimate of drug-likeness (QED) is 0.640. The van der Waals surface area contributed by atoms with Gasteiger partial charge >= 0.3 is 12.0 Å². The molecular formula is C9H6Cl2N4O3. The molecule has 18 heavy (non-hydrogen) atoms. The third-order valence-electron chi connectivity index (χ3n) is 1.97. The lowest BCUT2D eigenvalue weighted by Crippen LogP contribution is -1.96. The van der Waals surface area contributed by atoms with Crippen LogP contribution in [0.15, 0.2) is 18.2 Å². The van der Waals surface area contributed by atoms with Gasteiger partial charge in [0, 0.05) is 10.1 Å². The zero-order valence-corrected chi connectivity index (χ0v) is 10.5. The Labute approximate surface area is 111 Å². The van der Waals surface area contributed by atoms with Crippen molar-refractivity contribution in [3.05, 3.63) is 38.4 Å². The molecule has 0 N–H and O–H groups in total. The van der Waals surface area contributed by atoms with E-state index in [4.69, 9.17) is 27.9 Å². The van der Waals surface area contributed by atoms with Crippen LogP contribution < -0.4 is 4.74 Å². The second-order valence-electron chi connectivity index (χ2n) is 3.25. The van der Waals surface area contributed by atoms with E-state index in [1.165, 1.54) is 19.2 Å². The van der Waals surface area contributed by atoms with Crippen LogP contribution in [-0.4, -0.2) is 19.7 Å². The van der Waals surface area contributed by atoms with Gasteiger partial charge in [0.25, 0.3) is 0 Å². The average Bonchev–Trinajstić information content (AvgIpc) is 2.64. The van der Waals surface area contributed by atoms with Gasteiger partial charge < -0.3 is 14.9 Å². The highest BCUT2D eigenvalue weighted by molar-refractivity contribution is 6.35. The summed E-state index contributed by atoms with van der Waals surface area (Å²) >= 11 is 11.6. The van der Waals surface area contributed by atoms with Crippen molar-refractivity contribution in [3.8, 4) is 11.8 Å².